The summed E-state index contributed by atoms with van der Waals surface area (Å²) in [4.78, 5) is 16.3. The zero-order chi connectivity index (χ0) is 17.6. The number of benzene rings is 2. The molecule has 1 amide bonds. The van der Waals surface area contributed by atoms with E-state index < -0.39 is 0 Å². The van der Waals surface area contributed by atoms with Crippen molar-refractivity contribution in [2.75, 3.05) is 5.32 Å². The summed E-state index contributed by atoms with van der Waals surface area (Å²) in [7, 11) is 1.96. The predicted molar refractivity (Wildman–Crippen MR) is 102 cm³/mol. The Bertz CT molecular complexity index is 880. The van der Waals surface area contributed by atoms with Crippen LogP contribution >= 0.6 is 11.6 Å². The molecule has 3 aromatic rings. The van der Waals surface area contributed by atoms with Crippen molar-refractivity contribution in [3.63, 3.8) is 0 Å². The maximum Gasteiger partial charge on any atom is 0.248 e. The number of rotatable bonds is 5. The molecule has 0 aliphatic rings. The van der Waals surface area contributed by atoms with Gasteiger partial charge in [-0.3, -0.25) is 4.79 Å². The van der Waals surface area contributed by atoms with E-state index in [9.17, 15) is 4.79 Å². The van der Waals surface area contributed by atoms with E-state index in [0.717, 1.165) is 17.7 Å². The smallest absolute Gasteiger partial charge is 0.248 e. The number of imidazole rings is 1. The minimum atomic E-state index is -0.181. The van der Waals surface area contributed by atoms with Gasteiger partial charge >= 0.3 is 0 Å². The fraction of sp³-hybridized carbons (Fsp3) is 0.100. The standard InChI is InChI=1S/C20H18ClN3O/c1-24-13-19(22-14-24)12-16-4-2-15(3-5-16)6-11-20(25)23-18-9-7-17(21)8-10-18/h2-11,13-14H,12H2,1H3,(H,23,25)/b11-6+. The van der Waals surface area contributed by atoms with Gasteiger partial charge in [-0.2, -0.15) is 0 Å². The summed E-state index contributed by atoms with van der Waals surface area (Å²) in [5.41, 5.74) is 3.90. The van der Waals surface area contributed by atoms with Crippen LogP contribution < -0.4 is 5.32 Å². The van der Waals surface area contributed by atoms with Crippen molar-refractivity contribution >= 4 is 29.3 Å². The zero-order valence-electron chi connectivity index (χ0n) is 13.8. The highest BCUT2D eigenvalue weighted by atomic mass is 35.5. The minimum Gasteiger partial charge on any atom is -0.340 e. The number of carbonyl (C=O) groups excluding carboxylic acids is 1. The molecule has 0 saturated carbocycles. The maximum absolute atomic E-state index is 11.9. The molecular formula is C20H18ClN3O. The molecule has 0 aliphatic heterocycles. The van der Waals surface area contributed by atoms with Gasteiger partial charge in [-0.05, 0) is 41.5 Å². The molecule has 1 heterocycles. The van der Waals surface area contributed by atoms with Gasteiger partial charge in [0.1, 0.15) is 0 Å². The van der Waals surface area contributed by atoms with Crippen LogP contribution in [0.25, 0.3) is 6.08 Å². The van der Waals surface area contributed by atoms with Crippen molar-refractivity contribution in [2.45, 2.75) is 6.42 Å². The Morgan fingerprint density at radius 3 is 2.52 bits per heavy atom. The van der Waals surface area contributed by atoms with E-state index in [1.165, 1.54) is 11.6 Å². The van der Waals surface area contributed by atoms with E-state index in [4.69, 9.17) is 11.6 Å². The maximum atomic E-state index is 11.9. The summed E-state index contributed by atoms with van der Waals surface area (Å²) >= 11 is 5.82. The lowest BCUT2D eigenvalue weighted by atomic mass is 10.1. The van der Waals surface area contributed by atoms with Crippen molar-refractivity contribution in [2.24, 2.45) is 7.05 Å². The summed E-state index contributed by atoms with van der Waals surface area (Å²) < 4.78 is 1.94. The van der Waals surface area contributed by atoms with Gasteiger partial charge in [0.05, 0.1) is 12.0 Å². The van der Waals surface area contributed by atoms with Gasteiger partial charge in [0.15, 0.2) is 0 Å². The number of halogens is 1. The largest absolute Gasteiger partial charge is 0.340 e. The van der Waals surface area contributed by atoms with E-state index in [0.29, 0.717) is 10.7 Å². The first-order chi connectivity index (χ1) is 12.1. The highest BCUT2D eigenvalue weighted by molar-refractivity contribution is 6.30. The normalized spacial score (nSPS) is 11.0. The van der Waals surface area contributed by atoms with Crippen LogP contribution in [0, 0.1) is 0 Å². The predicted octanol–water partition coefficient (Wildman–Crippen LogP) is 4.32. The molecule has 2 aromatic carbocycles. The number of nitrogens with zero attached hydrogens (tertiary/aromatic N) is 2. The molecule has 0 fully saturated rings. The van der Waals surface area contributed by atoms with Crippen LogP contribution in [0.5, 0.6) is 0 Å². The second-order valence-corrected chi connectivity index (χ2v) is 6.21. The third-order valence-corrected chi connectivity index (χ3v) is 3.91. The molecule has 25 heavy (non-hydrogen) atoms. The van der Waals surface area contributed by atoms with E-state index in [1.807, 2.05) is 42.1 Å². The molecule has 0 unspecified atom stereocenters. The Labute approximate surface area is 151 Å². The van der Waals surface area contributed by atoms with E-state index in [-0.39, 0.29) is 5.91 Å². The number of nitrogens with one attached hydrogen (secondary N) is 1. The Morgan fingerprint density at radius 1 is 1.16 bits per heavy atom. The molecule has 1 N–H and O–H groups in total. The average molecular weight is 352 g/mol. The summed E-state index contributed by atoms with van der Waals surface area (Å²) in [6, 6.07) is 15.1. The van der Waals surface area contributed by atoms with Crippen LogP contribution in [0.2, 0.25) is 5.02 Å². The van der Waals surface area contributed by atoms with Crippen LogP contribution in [0.1, 0.15) is 16.8 Å². The molecule has 3 rings (SSSR count). The van der Waals surface area contributed by atoms with Crippen molar-refractivity contribution in [3.8, 4) is 0 Å². The van der Waals surface area contributed by atoms with Gasteiger partial charge in [-0.25, -0.2) is 4.98 Å². The molecule has 0 saturated heterocycles. The quantitative estimate of drug-likeness (QED) is 0.696. The van der Waals surface area contributed by atoms with Gasteiger partial charge < -0.3 is 9.88 Å². The zero-order valence-corrected chi connectivity index (χ0v) is 14.6. The number of hydrogen-bond acceptors (Lipinski definition) is 2. The molecule has 0 bridgehead atoms. The molecule has 0 spiro atoms. The first-order valence-electron chi connectivity index (χ1n) is 7.89. The van der Waals surface area contributed by atoms with E-state index in [2.05, 4.69) is 10.3 Å². The fourth-order valence-corrected chi connectivity index (χ4v) is 2.53. The number of aryl methyl sites for hydroxylation is 1. The minimum absolute atomic E-state index is 0.181. The van der Waals surface area contributed by atoms with E-state index >= 15 is 0 Å². The Balaban J connectivity index is 1.57. The molecule has 126 valence electrons. The second-order valence-electron chi connectivity index (χ2n) is 5.78. The van der Waals surface area contributed by atoms with Gasteiger partial charge in [-0.1, -0.05) is 35.9 Å². The molecule has 0 radical (unpaired) electrons. The SMILES string of the molecule is Cn1cnc(Cc2ccc(/C=C/C(=O)Nc3ccc(Cl)cc3)cc2)c1. The number of anilines is 1. The first kappa shape index (κ1) is 17.0. The van der Waals surface area contributed by atoms with Gasteiger partial charge in [0, 0.05) is 36.5 Å². The molecule has 0 atom stereocenters. The summed E-state index contributed by atoms with van der Waals surface area (Å²) in [5, 5.41) is 3.43. The molecule has 1 aromatic heterocycles. The number of hydrogen-bond donors (Lipinski definition) is 1. The highest BCUT2D eigenvalue weighted by Crippen LogP contribution is 2.14. The van der Waals surface area contributed by atoms with Crippen molar-refractivity contribution in [1.82, 2.24) is 9.55 Å². The number of aromatic nitrogens is 2. The average Bonchev–Trinajstić information content (AvgIpc) is 3.01. The lowest BCUT2D eigenvalue weighted by molar-refractivity contribution is -0.111. The number of carbonyl (C=O) groups is 1. The third-order valence-electron chi connectivity index (χ3n) is 3.66. The van der Waals surface area contributed by atoms with Crippen LogP contribution in [0.15, 0.2) is 67.1 Å². The van der Waals surface area contributed by atoms with Crippen LogP contribution in [-0.4, -0.2) is 15.5 Å². The van der Waals surface area contributed by atoms with E-state index in [1.54, 1.807) is 36.7 Å². The van der Waals surface area contributed by atoms with Crippen LogP contribution in [-0.2, 0) is 18.3 Å². The summed E-state index contributed by atoms with van der Waals surface area (Å²) in [5.74, 6) is -0.181. The topological polar surface area (TPSA) is 46.9 Å². The fourth-order valence-electron chi connectivity index (χ4n) is 2.40. The van der Waals surface area contributed by atoms with Crippen molar-refractivity contribution in [1.29, 1.82) is 0 Å². The Morgan fingerprint density at radius 2 is 1.88 bits per heavy atom. The summed E-state index contributed by atoms with van der Waals surface area (Å²) in [6.45, 7) is 0. The van der Waals surface area contributed by atoms with Crippen molar-refractivity contribution < 1.29 is 4.79 Å². The van der Waals surface area contributed by atoms with Gasteiger partial charge in [0.2, 0.25) is 5.91 Å². The lowest BCUT2D eigenvalue weighted by Gasteiger charge is -2.02. The lowest BCUT2D eigenvalue weighted by Crippen LogP contribution is -2.07. The number of amides is 1. The molecular weight excluding hydrogens is 334 g/mol. The van der Waals surface area contributed by atoms with Gasteiger partial charge in [0.25, 0.3) is 0 Å². The summed E-state index contributed by atoms with van der Waals surface area (Å²) in [6.07, 6.45) is 7.90. The molecule has 0 aliphatic carbocycles. The van der Waals surface area contributed by atoms with Gasteiger partial charge in [-0.15, -0.1) is 0 Å². The third kappa shape index (κ3) is 5.06. The monoisotopic (exact) mass is 351 g/mol. The van der Waals surface area contributed by atoms with Crippen LogP contribution in [0.4, 0.5) is 5.69 Å². The second kappa shape index (κ2) is 7.81. The van der Waals surface area contributed by atoms with Crippen LogP contribution in [0.3, 0.4) is 0 Å². The molecule has 4 nitrogen and oxygen atoms in total. The Hall–Kier alpha value is -2.85. The highest BCUT2D eigenvalue weighted by Gasteiger charge is 2.00. The van der Waals surface area contributed by atoms with Crippen molar-refractivity contribution in [3.05, 3.63) is 89.0 Å². The Kier molecular flexibility index (Phi) is 5.31. The molecule has 5 heteroatoms. The first-order valence-corrected chi connectivity index (χ1v) is 8.27.